The van der Waals surface area contributed by atoms with Crippen LogP contribution in [0.5, 0.6) is 5.75 Å². The number of phenols is 1. The highest BCUT2D eigenvalue weighted by Gasteiger charge is 2.43. The van der Waals surface area contributed by atoms with Crippen LogP contribution in [0.15, 0.2) is 42.5 Å². The molecule has 2 unspecified atom stereocenters. The molecule has 0 spiro atoms. The largest absolute Gasteiger partial charge is 0.507 e. The summed E-state index contributed by atoms with van der Waals surface area (Å²) in [6.07, 6.45) is -0.222. The van der Waals surface area contributed by atoms with E-state index in [9.17, 15) is 19.5 Å². The Hall–Kier alpha value is -3.55. The van der Waals surface area contributed by atoms with Crippen LogP contribution in [0.3, 0.4) is 0 Å². The van der Waals surface area contributed by atoms with Gasteiger partial charge in [0.2, 0.25) is 5.91 Å². The van der Waals surface area contributed by atoms with Gasteiger partial charge in [0.15, 0.2) is 0 Å². The second-order valence-corrected chi connectivity index (χ2v) is 11.0. The number of amides is 3. The third-order valence-corrected chi connectivity index (χ3v) is 6.33. The van der Waals surface area contributed by atoms with Crippen molar-refractivity contribution >= 4 is 23.6 Å². The Balaban J connectivity index is 2.61. The van der Waals surface area contributed by atoms with Gasteiger partial charge in [-0.1, -0.05) is 43.3 Å². The highest BCUT2D eigenvalue weighted by atomic mass is 16.6. The van der Waals surface area contributed by atoms with Crippen LogP contribution in [0.2, 0.25) is 0 Å². The zero-order chi connectivity index (χ0) is 28.1. The molecule has 2 aromatic carbocycles. The van der Waals surface area contributed by atoms with Crippen molar-refractivity contribution in [1.29, 1.82) is 0 Å². The number of alkyl carbamates (subject to hydrolysis) is 1. The fourth-order valence-corrected chi connectivity index (χ4v) is 3.91. The highest BCUT2D eigenvalue weighted by molar-refractivity contribution is 6.00. The van der Waals surface area contributed by atoms with Crippen LogP contribution in [-0.4, -0.2) is 45.1 Å². The summed E-state index contributed by atoms with van der Waals surface area (Å²) in [6.45, 7) is 16.0. The average Bonchev–Trinajstić information content (AvgIpc) is 2.79. The van der Waals surface area contributed by atoms with Gasteiger partial charge in [0.1, 0.15) is 23.4 Å². The van der Waals surface area contributed by atoms with Gasteiger partial charge < -0.3 is 25.4 Å². The lowest BCUT2D eigenvalue weighted by atomic mass is 9.91. The first-order chi connectivity index (χ1) is 17.1. The van der Waals surface area contributed by atoms with Gasteiger partial charge in [-0.2, -0.15) is 0 Å². The molecule has 2 rings (SSSR count). The standard InChI is InChI=1S/C29H41N3O5/c1-10-29(8,9)32(26(35)20(4)30-27(36)37-28(5,6)7)23(21-16-13-15-19(3)24(21)33)25(34)31-22-17-12-11-14-18(22)2/h11-17,20,23,33H,10H2,1-9H3,(H,30,36)(H,31,34). The first-order valence-corrected chi connectivity index (χ1v) is 12.6. The number of anilines is 1. The summed E-state index contributed by atoms with van der Waals surface area (Å²) in [5.74, 6) is -1.03. The van der Waals surface area contributed by atoms with Crippen molar-refractivity contribution in [3.8, 4) is 5.75 Å². The molecular weight excluding hydrogens is 470 g/mol. The molecule has 0 bridgehead atoms. The molecule has 0 fully saturated rings. The minimum absolute atomic E-state index is 0.0649. The number of para-hydroxylation sites is 2. The number of hydrogen-bond acceptors (Lipinski definition) is 5. The summed E-state index contributed by atoms with van der Waals surface area (Å²) in [6, 6.07) is 10.3. The average molecular weight is 512 g/mol. The molecule has 0 saturated carbocycles. The van der Waals surface area contributed by atoms with Crippen LogP contribution in [0.1, 0.15) is 77.6 Å². The Kier molecular flexibility index (Phi) is 9.36. The Labute approximate surface area is 220 Å². The van der Waals surface area contributed by atoms with Crippen LogP contribution in [0.4, 0.5) is 10.5 Å². The number of benzene rings is 2. The van der Waals surface area contributed by atoms with E-state index in [0.29, 0.717) is 23.2 Å². The Bertz CT molecular complexity index is 1140. The number of carbonyl (C=O) groups excluding carboxylic acids is 3. The number of aromatic hydroxyl groups is 1. The summed E-state index contributed by atoms with van der Waals surface area (Å²) in [5.41, 5.74) is 0.781. The van der Waals surface area contributed by atoms with E-state index in [1.165, 1.54) is 4.90 Å². The fourth-order valence-electron chi connectivity index (χ4n) is 3.91. The monoisotopic (exact) mass is 511 g/mol. The predicted molar refractivity (Wildman–Crippen MR) is 145 cm³/mol. The second kappa shape index (κ2) is 11.7. The number of nitrogens with one attached hydrogen (secondary N) is 2. The quantitative estimate of drug-likeness (QED) is 0.426. The van der Waals surface area contributed by atoms with E-state index < -0.39 is 41.1 Å². The number of carbonyl (C=O) groups is 3. The van der Waals surface area contributed by atoms with Gasteiger partial charge in [0, 0.05) is 16.8 Å². The smallest absolute Gasteiger partial charge is 0.408 e. The minimum Gasteiger partial charge on any atom is -0.507 e. The summed E-state index contributed by atoms with van der Waals surface area (Å²) in [4.78, 5) is 41.8. The van der Waals surface area contributed by atoms with Gasteiger partial charge in [-0.25, -0.2) is 4.79 Å². The molecule has 0 aliphatic heterocycles. The Morgan fingerprint density at radius 1 is 0.973 bits per heavy atom. The molecule has 3 amide bonds. The number of nitrogens with zero attached hydrogens (tertiary/aromatic N) is 1. The van der Waals surface area contributed by atoms with Crippen LogP contribution in [-0.2, 0) is 14.3 Å². The van der Waals surface area contributed by atoms with E-state index >= 15 is 0 Å². The normalized spacial score (nSPS) is 13.3. The Morgan fingerprint density at radius 3 is 2.14 bits per heavy atom. The van der Waals surface area contributed by atoms with Crippen molar-refractivity contribution < 1.29 is 24.2 Å². The molecule has 2 aromatic rings. The van der Waals surface area contributed by atoms with Crippen molar-refractivity contribution in [2.45, 2.75) is 92.0 Å². The lowest BCUT2D eigenvalue weighted by molar-refractivity contribution is -0.147. The number of aryl methyl sites for hydroxylation is 2. The molecule has 202 valence electrons. The molecule has 2 atom stereocenters. The van der Waals surface area contributed by atoms with E-state index in [4.69, 9.17) is 4.74 Å². The van der Waals surface area contributed by atoms with Crippen LogP contribution in [0.25, 0.3) is 0 Å². The number of phenolic OH excluding ortho intramolecular Hbond substituents is 1. The maximum absolute atomic E-state index is 14.0. The molecule has 0 radical (unpaired) electrons. The maximum atomic E-state index is 14.0. The predicted octanol–water partition coefficient (Wildman–Crippen LogP) is 5.62. The number of hydrogen-bond donors (Lipinski definition) is 3. The molecule has 0 aliphatic carbocycles. The maximum Gasteiger partial charge on any atom is 0.408 e. The van der Waals surface area contributed by atoms with Crippen LogP contribution >= 0.6 is 0 Å². The summed E-state index contributed by atoms with van der Waals surface area (Å²) < 4.78 is 5.33. The third kappa shape index (κ3) is 7.47. The Morgan fingerprint density at radius 2 is 1.57 bits per heavy atom. The fraction of sp³-hybridized carbons (Fsp3) is 0.483. The van der Waals surface area contributed by atoms with E-state index in [1.807, 2.05) is 45.9 Å². The van der Waals surface area contributed by atoms with E-state index in [2.05, 4.69) is 10.6 Å². The summed E-state index contributed by atoms with van der Waals surface area (Å²) in [7, 11) is 0. The van der Waals surface area contributed by atoms with Crippen molar-refractivity contribution in [3.63, 3.8) is 0 Å². The van der Waals surface area contributed by atoms with Gasteiger partial charge in [-0.3, -0.25) is 9.59 Å². The van der Waals surface area contributed by atoms with Crippen molar-refractivity contribution in [1.82, 2.24) is 10.2 Å². The minimum atomic E-state index is -1.18. The molecule has 8 heteroatoms. The van der Waals surface area contributed by atoms with Crippen molar-refractivity contribution in [2.24, 2.45) is 0 Å². The second-order valence-electron chi connectivity index (χ2n) is 11.0. The van der Waals surface area contributed by atoms with Gasteiger partial charge >= 0.3 is 6.09 Å². The molecule has 0 saturated heterocycles. The van der Waals surface area contributed by atoms with Gasteiger partial charge in [-0.15, -0.1) is 0 Å². The van der Waals surface area contributed by atoms with Gasteiger partial charge in [0.05, 0.1) is 0 Å². The molecule has 0 aromatic heterocycles. The van der Waals surface area contributed by atoms with Crippen LogP contribution < -0.4 is 10.6 Å². The molecule has 0 aliphatic rings. The highest BCUT2D eigenvalue weighted by Crippen LogP contribution is 2.38. The first kappa shape index (κ1) is 29.7. The van der Waals surface area contributed by atoms with Crippen LogP contribution in [0, 0.1) is 13.8 Å². The van der Waals surface area contributed by atoms with E-state index in [0.717, 1.165) is 5.56 Å². The zero-order valence-corrected chi connectivity index (χ0v) is 23.4. The molecule has 8 nitrogen and oxygen atoms in total. The van der Waals surface area contributed by atoms with Gasteiger partial charge in [0.25, 0.3) is 5.91 Å². The SMILES string of the molecule is CCC(C)(C)N(C(=O)C(C)NC(=O)OC(C)(C)C)C(C(=O)Nc1ccccc1C)c1cccc(C)c1O. The van der Waals surface area contributed by atoms with Crippen molar-refractivity contribution in [2.75, 3.05) is 5.32 Å². The van der Waals surface area contributed by atoms with Gasteiger partial charge in [-0.05, 0) is 79.0 Å². The van der Waals surface area contributed by atoms with E-state index in [1.54, 1.807) is 58.9 Å². The number of rotatable bonds is 8. The zero-order valence-electron chi connectivity index (χ0n) is 23.4. The third-order valence-electron chi connectivity index (χ3n) is 6.33. The molecule has 0 heterocycles. The molecule has 3 N–H and O–H groups in total. The molecular formula is C29H41N3O5. The first-order valence-electron chi connectivity index (χ1n) is 12.6. The van der Waals surface area contributed by atoms with E-state index in [-0.39, 0.29) is 5.75 Å². The van der Waals surface area contributed by atoms with Crippen molar-refractivity contribution in [3.05, 3.63) is 59.2 Å². The summed E-state index contributed by atoms with van der Waals surface area (Å²) in [5, 5.41) is 16.5. The number of ether oxygens (including phenoxy) is 1. The summed E-state index contributed by atoms with van der Waals surface area (Å²) >= 11 is 0. The topological polar surface area (TPSA) is 108 Å². The molecule has 37 heavy (non-hydrogen) atoms. The lowest BCUT2D eigenvalue weighted by Crippen LogP contribution is -2.58. The lowest BCUT2D eigenvalue weighted by Gasteiger charge is -2.44.